The molecule has 0 bridgehead atoms. The molecule has 2 rings (SSSR count). The molecule has 29 heavy (non-hydrogen) atoms. The van der Waals surface area contributed by atoms with Crippen molar-refractivity contribution in [1.82, 2.24) is 9.80 Å². The van der Waals surface area contributed by atoms with Gasteiger partial charge in [-0.3, -0.25) is 14.5 Å². The molecule has 0 saturated carbocycles. The van der Waals surface area contributed by atoms with Gasteiger partial charge in [0.2, 0.25) is 11.8 Å². The molecule has 0 heterocycles. The Labute approximate surface area is 172 Å². The summed E-state index contributed by atoms with van der Waals surface area (Å²) < 4.78 is 10.3. The minimum atomic E-state index is -0.166. The van der Waals surface area contributed by atoms with Gasteiger partial charge in [0.1, 0.15) is 11.5 Å². The number of nitrogens with zero attached hydrogens (tertiary/aromatic N) is 2. The van der Waals surface area contributed by atoms with Crippen molar-refractivity contribution in [2.24, 2.45) is 0 Å². The van der Waals surface area contributed by atoms with E-state index in [2.05, 4.69) is 5.32 Å². The first-order valence-corrected chi connectivity index (χ1v) is 9.48. The van der Waals surface area contributed by atoms with Gasteiger partial charge in [-0.2, -0.15) is 0 Å². The van der Waals surface area contributed by atoms with Crippen LogP contribution >= 0.6 is 0 Å². The van der Waals surface area contributed by atoms with Gasteiger partial charge < -0.3 is 19.7 Å². The lowest BCUT2D eigenvalue weighted by Gasteiger charge is -2.24. The third-order valence-corrected chi connectivity index (χ3v) is 4.53. The maximum atomic E-state index is 12.6. The van der Waals surface area contributed by atoms with Gasteiger partial charge in [0.05, 0.1) is 27.3 Å². The van der Waals surface area contributed by atoms with E-state index in [9.17, 15) is 9.59 Å². The summed E-state index contributed by atoms with van der Waals surface area (Å²) in [7, 11) is 4.96. The van der Waals surface area contributed by atoms with Crippen LogP contribution in [0.4, 0.5) is 5.69 Å². The second-order valence-electron chi connectivity index (χ2n) is 6.68. The van der Waals surface area contributed by atoms with Crippen LogP contribution in [-0.2, 0) is 16.1 Å². The molecule has 0 aliphatic rings. The van der Waals surface area contributed by atoms with Gasteiger partial charge in [0, 0.05) is 19.3 Å². The van der Waals surface area contributed by atoms with Crippen molar-refractivity contribution in [3.8, 4) is 11.5 Å². The predicted octanol–water partition coefficient (Wildman–Crippen LogP) is 2.62. The second kappa shape index (κ2) is 11.1. The van der Waals surface area contributed by atoms with Gasteiger partial charge in [-0.25, -0.2) is 0 Å². The van der Waals surface area contributed by atoms with Crippen LogP contribution in [0.1, 0.15) is 12.5 Å². The predicted molar refractivity (Wildman–Crippen MR) is 113 cm³/mol. The Bertz CT molecular complexity index is 808. The van der Waals surface area contributed by atoms with Gasteiger partial charge >= 0.3 is 0 Å². The highest BCUT2D eigenvalue weighted by atomic mass is 16.5. The summed E-state index contributed by atoms with van der Waals surface area (Å²) in [5.41, 5.74) is 1.67. The second-order valence-corrected chi connectivity index (χ2v) is 6.68. The van der Waals surface area contributed by atoms with Crippen LogP contribution < -0.4 is 14.8 Å². The van der Waals surface area contributed by atoms with Crippen LogP contribution in [0, 0.1) is 0 Å². The molecule has 0 unspecified atom stereocenters. The summed E-state index contributed by atoms with van der Waals surface area (Å²) in [5, 5.41) is 2.84. The first-order chi connectivity index (χ1) is 13.9. The molecule has 0 spiro atoms. The smallest absolute Gasteiger partial charge is 0.238 e. The molecule has 0 atom stereocenters. The van der Waals surface area contributed by atoms with Gasteiger partial charge in [0.15, 0.2) is 0 Å². The number of likely N-dealkylation sites (N-methyl/N-ethyl adjacent to an activating group) is 2. The first-order valence-electron chi connectivity index (χ1n) is 9.48. The Kier molecular flexibility index (Phi) is 8.48. The van der Waals surface area contributed by atoms with E-state index in [-0.39, 0.29) is 24.9 Å². The van der Waals surface area contributed by atoms with E-state index in [0.717, 1.165) is 17.1 Å². The molecule has 0 aromatic heterocycles. The average molecular weight is 399 g/mol. The van der Waals surface area contributed by atoms with E-state index in [4.69, 9.17) is 9.47 Å². The molecule has 7 heteroatoms. The van der Waals surface area contributed by atoms with Crippen molar-refractivity contribution in [3.63, 3.8) is 0 Å². The number of methoxy groups -OCH3 is 2. The zero-order valence-electron chi connectivity index (χ0n) is 17.5. The minimum Gasteiger partial charge on any atom is -0.497 e. The molecule has 2 aromatic carbocycles. The van der Waals surface area contributed by atoms with Crippen molar-refractivity contribution in [3.05, 3.63) is 54.1 Å². The molecule has 156 valence electrons. The van der Waals surface area contributed by atoms with E-state index in [1.54, 1.807) is 50.4 Å². The summed E-state index contributed by atoms with van der Waals surface area (Å²) in [6.07, 6.45) is 0. The number of hydrogen-bond donors (Lipinski definition) is 1. The Morgan fingerprint density at radius 3 is 2.28 bits per heavy atom. The van der Waals surface area contributed by atoms with Crippen LogP contribution in [-0.4, -0.2) is 62.5 Å². The van der Waals surface area contributed by atoms with Crippen molar-refractivity contribution in [1.29, 1.82) is 0 Å². The average Bonchev–Trinajstić information content (AvgIpc) is 2.73. The SMILES string of the molecule is CCN(CC(=O)Nc1ccc(OC)cc1)CC(=O)N(C)Cc1cccc(OC)c1. The Balaban J connectivity index is 1.86. The molecule has 1 N–H and O–H groups in total. The number of hydrogen-bond acceptors (Lipinski definition) is 5. The molecule has 0 aliphatic heterocycles. The van der Waals surface area contributed by atoms with Crippen LogP contribution in [0.5, 0.6) is 11.5 Å². The highest BCUT2D eigenvalue weighted by molar-refractivity contribution is 5.92. The number of nitrogens with one attached hydrogen (secondary N) is 1. The van der Waals surface area contributed by atoms with Gasteiger partial charge in [-0.15, -0.1) is 0 Å². The topological polar surface area (TPSA) is 71.1 Å². The highest BCUT2D eigenvalue weighted by Gasteiger charge is 2.16. The van der Waals surface area contributed by atoms with Crippen LogP contribution in [0.25, 0.3) is 0 Å². The maximum Gasteiger partial charge on any atom is 0.238 e. The van der Waals surface area contributed by atoms with Crippen molar-refractivity contribution < 1.29 is 19.1 Å². The third-order valence-electron chi connectivity index (χ3n) is 4.53. The summed E-state index contributed by atoms with van der Waals surface area (Å²) in [6, 6.07) is 14.7. The zero-order chi connectivity index (χ0) is 21.2. The molecule has 0 saturated heterocycles. The molecule has 2 aromatic rings. The molecule has 7 nitrogen and oxygen atoms in total. The largest absolute Gasteiger partial charge is 0.497 e. The lowest BCUT2D eigenvalue weighted by Crippen LogP contribution is -2.41. The summed E-state index contributed by atoms with van der Waals surface area (Å²) in [4.78, 5) is 28.4. The fraction of sp³-hybridized carbons (Fsp3) is 0.364. The van der Waals surface area contributed by atoms with E-state index in [1.165, 1.54) is 0 Å². The summed E-state index contributed by atoms with van der Waals surface area (Å²) >= 11 is 0. The van der Waals surface area contributed by atoms with Gasteiger partial charge in [-0.1, -0.05) is 19.1 Å². The Morgan fingerprint density at radius 1 is 0.966 bits per heavy atom. The molecule has 0 radical (unpaired) electrons. The highest BCUT2D eigenvalue weighted by Crippen LogP contribution is 2.15. The van der Waals surface area contributed by atoms with E-state index < -0.39 is 0 Å². The number of carbonyl (C=O) groups is 2. The molecule has 0 aliphatic carbocycles. The van der Waals surface area contributed by atoms with Crippen molar-refractivity contribution in [2.75, 3.05) is 46.2 Å². The molecular weight excluding hydrogens is 370 g/mol. The quantitative estimate of drug-likeness (QED) is 0.665. The fourth-order valence-electron chi connectivity index (χ4n) is 2.80. The van der Waals surface area contributed by atoms with E-state index in [0.29, 0.717) is 18.8 Å². The monoisotopic (exact) mass is 399 g/mol. The van der Waals surface area contributed by atoms with E-state index in [1.807, 2.05) is 36.1 Å². The van der Waals surface area contributed by atoms with E-state index >= 15 is 0 Å². The summed E-state index contributed by atoms with van der Waals surface area (Å²) in [6.45, 7) is 3.31. The number of benzene rings is 2. The Hall–Kier alpha value is -3.06. The molecule has 2 amide bonds. The maximum absolute atomic E-state index is 12.6. The molecule has 0 fully saturated rings. The lowest BCUT2D eigenvalue weighted by atomic mass is 10.2. The number of ether oxygens (including phenoxy) is 2. The van der Waals surface area contributed by atoms with Crippen molar-refractivity contribution in [2.45, 2.75) is 13.5 Å². The fourth-order valence-corrected chi connectivity index (χ4v) is 2.80. The lowest BCUT2D eigenvalue weighted by molar-refractivity contribution is -0.132. The van der Waals surface area contributed by atoms with Crippen LogP contribution in [0.3, 0.4) is 0 Å². The Morgan fingerprint density at radius 2 is 1.66 bits per heavy atom. The number of rotatable bonds is 10. The first kappa shape index (κ1) is 22.2. The number of amides is 2. The van der Waals surface area contributed by atoms with Crippen LogP contribution in [0.15, 0.2) is 48.5 Å². The number of anilines is 1. The van der Waals surface area contributed by atoms with Crippen LogP contribution in [0.2, 0.25) is 0 Å². The van der Waals surface area contributed by atoms with Gasteiger partial charge in [-0.05, 0) is 48.5 Å². The normalized spacial score (nSPS) is 10.5. The standard InChI is InChI=1S/C22H29N3O4/c1-5-25(15-21(26)23-18-9-11-19(28-3)12-10-18)16-22(27)24(2)14-17-7-6-8-20(13-17)29-4/h6-13H,5,14-16H2,1-4H3,(H,23,26). The van der Waals surface area contributed by atoms with Gasteiger partial charge in [0.25, 0.3) is 0 Å². The van der Waals surface area contributed by atoms with Crippen molar-refractivity contribution >= 4 is 17.5 Å². The minimum absolute atomic E-state index is 0.0492. The number of carbonyl (C=O) groups excluding carboxylic acids is 2. The molecular formula is C22H29N3O4. The third kappa shape index (κ3) is 7.12. The summed E-state index contributed by atoms with van der Waals surface area (Å²) in [5.74, 6) is 1.27. The zero-order valence-corrected chi connectivity index (χ0v) is 17.5.